The third kappa shape index (κ3) is 3.60. The van der Waals surface area contributed by atoms with E-state index < -0.39 is 0 Å². The molecule has 1 aromatic heterocycles. The minimum atomic E-state index is -0.00710. The zero-order valence-electron chi connectivity index (χ0n) is 13.4. The normalized spacial score (nSPS) is 10.9. The van der Waals surface area contributed by atoms with Gasteiger partial charge in [0, 0.05) is 11.1 Å². The highest BCUT2D eigenvalue weighted by Gasteiger charge is 2.05. The number of aromatic nitrogens is 1. The van der Waals surface area contributed by atoms with Crippen LogP contribution in [0, 0.1) is 6.92 Å². The number of ether oxygens (including phenoxy) is 1. The fraction of sp³-hybridized carbons (Fsp3) is 0.211. The lowest BCUT2D eigenvalue weighted by Crippen LogP contribution is -2.81. The molecule has 3 rings (SSSR count). The van der Waals surface area contributed by atoms with Crippen LogP contribution < -0.4 is 15.6 Å². The van der Waals surface area contributed by atoms with Crippen molar-refractivity contribution in [3.05, 3.63) is 75.6 Å². The maximum atomic E-state index is 12.2. The van der Waals surface area contributed by atoms with Gasteiger partial charge in [0.15, 0.2) is 0 Å². The molecule has 0 saturated heterocycles. The van der Waals surface area contributed by atoms with Crippen LogP contribution in [0.25, 0.3) is 10.9 Å². The van der Waals surface area contributed by atoms with Crippen LogP contribution in [0.4, 0.5) is 0 Å². The zero-order chi connectivity index (χ0) is 16.2. The Hall–Kier alpha value is -2.59. The van der Waals surface area contributed by atoms with E-state index >= 15 is 0 Å². The molecule has 3 aromatic rings. The smallest absolute Gasteiger partial charge is 0.257 e. The number of pyridine rings is 1. The molecule has 0 saturated carbocycles. The molecule has 2 aromatic carbocycles. The maximum Gasteiger partial charge on any atom is 0.257 e. The molecule has 1 heterocycles. The second-order valence-corrected chi connectivity index (χ2v) is 5.76. The second-order valence-electron chi connectivity index (χ2n) is 5.76. The van der Waals surface area contributed by atoms with E-state index in [4.69, 9.17) is 4.74 Å². The van der Waals surface area contributed by atoms with Gasteiger partial charge in [-0.15, -0.1) is 0 Å². The lowest BCUT2D eigenvalue weighted by Gasteiger charge is -2.05. The van der Waals surface area contributed by atoms with Crippen LogP contribution in [-0.4, -0.2) is 12.1 Å². The van der Waals surface area contributed by atoms with E-state index in [9.17, 15) is 4.79 Å². The highest BCUT2D eigenvalue weighted by molar-refractivity contribution is 5.79. The van der Waals surface area contributed by atoms with Gasteiger partial charge in [-0.05, 0) is 54.8 Å². The van der Waals surface area contributed by atoms with Gasteiger partial charge in [-0.2, -0.15) is 0 Å². The van der Waals surface area contributed by atoms with Crippen LogP contribution in [-0.2, 0) is 13.1 Å². The molecule has 0 fully saturated rings. The van der Waals surface area contributed by atoms with Crippen molar-refractivity contribution in [1.29, 1.82) is 0 Å². The molecular formula is C19H21N2O2+. The standard InChI is InChI=1S/C19H20N2O2/c1-13-3-8-18-15(9-13)10-16(19(22)21-18)12-20-11-14-4-6-17(23-2)7-5-14/h3-10,20H,11-12H2,1-2H3,(H,21,22)/p+1. The number of quaternary nitrogens is 1. The summed E-state index contributed by atoms with van der Waals surface area (Å²) in [5.74, 6) is 0.857. The van der Waals surface area contributed by atoms with Gasteiger partial charge in [0.25, 0.3) is 5.56 Å². The fourth-order valence-electron chi connectivity index (χ4n) is 2.68. The van der Waals surface area contributed by atoms with Gasteiger partial charge in [-0.25, -0.2) is 0 Å². The number of methoxy groups -OCH3 is 1. The molecule has 0 aliphatic rings. The van der Waals surface area contributed by atoms with Crippen molar-refractivity contribution in [2.24, 2.45) is 0 Å². The number of aryl methyl sites for hydroxylation is 1. The van der Waals surface area contributed by atoms with Crippen molar-refractivity contribution in [2.75, 3.05) is 7.11 Å². The predicted molar refractivity (Wildman–Crippen MR) is 91.6 cm³/mol. The molecular weight excluding hydrogens is 288 g/mol. The highest BCUT2D eigenvalue weighted by atomic mass is 16.5. The van der Waals surface area contributed by atoms with E-state index in [0.717, 1.165) is 28.8 Å². The van der Waals surface area contributed by atoms with Crippen molar-refractivity contribution in [3.8, 4) is 5.75 Å². The van der Waals surface area contributed by atoms with Crippen molar-refractivity contribution in [1.82, 2.24) is 4.98 Å². The number of nitrogens with two attached hydrogens (primary N) is 1. The van der Waals surface area contributed by atoms with E-state index in [1.54, 1.807) is 7.11 Å². The Bertz CT molecular complexity index is 867. The molecule has 0 amide bonds. The third-order valence-electron chi connectivity index (χ3n) is 3.98. The van der Waals surface area contributed by atoms with Crippen molar-refractivity contribution < 1.29 is 10.1 Å². The Labute approximate surface area is 135 Å². The van der Waals surface area contributed by atoms with Gasteiger partial charge in [0.05, 0.1) is 12.7 Å². The molecule has 0 unspecified atom stereocenters. The minimum absolute atomic E-state index is 0.00710. The van der Waals surface area contributed by atoms with Gasteiger partial charge >= 0.3 is 0 Å². The molecule has 0 radical (unpaired) electrons. The summed E-state index contributed by atoms with van der Waals surface area (Å²) < 4.78 is 5.15. The first-order valence-corrected chi connectivity index (χ1v) is 7.73. The number of hydrogen-bond acceptors (Lipinski definition) is 2. The highest BCUT2D eigenvalue weighted by Crippen LogP contribution is 2.13. The maximum absolute atomic E-state index is 12.2. The lowest BCUT2D eigenvalue weighted by molar-refractivity contribution is -0.686. The SMILES string of the molecule is COc1ccc(C[NH2+]Cc2cc3cc(C)ccc3[nH]c2=O)cc1. The van der Waals surface area contributed by atoms with Gasteiger partial charge in [-0.3, -0.25) is 4.79 Å². The molecule has 3 N–H and O–H groups in total. The molecule has 0 atom stereocenters. The fourth-order valence-corrected chi connectivity index (χ4v) is 2.68. The van der Waals surface area contributed by atoms with Gasteiger partial charge in [0.1, 0.15) is 18.8 Å². The number of nitrogens with one attached hydrogen (secondary N) is 1. The topological polar surface area (TPSA) is 58.7 Å². The van der Waals surface area contributed by atoms with E-state index in [-0.39, 0.29) is 5.56 Å². The molecule has 23 heavy (non-hydrogen) atoms. The number of H-pyrrole nitrogens is 1. The molecule has 4 heteroatoms. The number of aromatic amines is 1. The third-order valence-corrected chi connectivity index (χ3v) is 3.98. The zero-order valence-corrected chi connectivity index (χ0v) is 13.4. The summed E-state index contributed by atoms with van der Waals surface area (Å²) in [7, 11) is 1.66. The van der Waals surface area contributed by atoms with Crippen LogP contribution in [0.1, 0.15) is 16.7 Å². The molecule has 0 bridgehead atoms. The average Bonchev–Trinajstić information content (AvgIpc) is 2.56. The number of rotatable bonds is 5. The second kappa shape index (κ2) is 6.67. The van der Waals surface area contributed by atoms with Crippen LogP contribution in [0.15, 0.2) is 53.3 Å². The number of benzene rings is 2. The molecule has 0 aliphatic heterocycles. The molecule has 0 spiro atoms. The summed E-state index contributed by atoms with van der Waals surface area (Å²) in [6, 6.07) is 16.0. The Balaban J connectivity index is 1.71. The average molecular weight is 309 g/mol. The van der Waals surface area contributed by atoms with E-state index in [0.29, 0.717) is 6.54 Å². The Morgan fingerprint density at radius 1 is 1.04 bits per heavy atom. The van der Waals surface area contributed by atoms with E-state index in [1.165, 1.54) is 11.1 Å². The van der Waals surface area contributed by atoms with Crippen LogP contribution >= 0.6 is 0 Å². The van der Waals surface area contributed by atoms with Crippen LogP contribution in [0.3, 0.4) is 0 Å². The summed E-state index contributed by atoms with van der Waals surface area (Å²) in [5, 5.41) is 3.21. The summed E-state index contributed by atoms with van der Waals surface area (Å²) in [6.07, 6.45) is 0. The summed E-state index contributed by atoms with van der Waals surface area (Å²) >= 11 is 0. The minimum Gasteiger partial charge on any atom is -0.497 e. The number of fused-ring (bicyclic) bond motifs is 1. The van der Waals surface area contributed by atoms with Crippen molar-refractivity contribution in [3.63, 3.8) is 0 Å². The molecule has 4 nitrogen and oxygen atoms in total. The lowest BCUT2D eigenvalue weighted by atomic mass is 10.1. The van der Waals surface area contributed by atoms with Gasteiger partial charge < -0.3 is 15.0 Å². The first kappa shape index (κ1) is 15.3. The number of hydrogen-bond donors (Lipinski definition) is 2. The van der Waals surface area contributed by atoms with Crippen LogP contribution in [0.2, 0.25) is 0 Å². The Morgan fingerprint density at radius 2 is 1.83 bits per heavy atom. The monoisotopic (exact) mass is 309 g/mol. The largest absolute Gasteiger partial charge is 0.497 e. The Morgan fingerprint density at radius 3 is 2.57 bits per heavy atom. The summed E-state index contributed by atoms with van der Waals surface area (Å²) in [5.41, 5.74) is 4.08. The summed E-state index contributed by atoms with van der Waals surface area (Å²) in [4.78, 5) is 15.1. The van der Waals surface area contributed by atoms with Gasteiger partial charge in [0.2, 0.25) is 0 Å². The van der Waals surface area contributed by atoms with E-state index in [2.05, 4.69) is 23.3 Å². The first-order valence-electron chi connectivity index (χ1n) is 7.73. The molecule has 118 valence electrons. The van der Waals surface area contributed by atoms with Crippen molar-refractivity contribution >= 4 is 10.9 Å². The quantitative estimate of drug-likeness (QED) is 0.758. The predicted octanol–water partition coefficient (Wildman–Crippen LogP) is 2.11. The van der Waals surface area contributed by atoms with Crippen LogP contribution in [0.5, 0.6) is 5.75 Å². The Kier molecular flexibility index (Phi) is 4.44. The van der Waals surface area contributed by atoms with Gasteiger partial charge in [-0.1, -0.05) is 11.6 Å². The summed E-state index contributed by atoms with van der Waals surface area (Å²) in [6.45, 7) is 3.54. The van der Waals surface area contributed by atoms with Crippen molar-refractivity contribution in [2.45, 2.75) is 20.0 Å². The molecule has 0 aliphatic carbocycles. The first-order chi connectivity index (χ1) is 11.2. The van der Waals surface area contributed by atoms with E-state index in [1.807, 2.05) is 42.5 Å².